The van der Waals surface area contributed by atoms with E-state index < -0.39 is 0 Å². The molecule has 2 aromatic carbocycles. The summed E-state index contributed by atoms with van der Waals surface area (Å²) < 4.78 is 11.8. The lowest BCUT2D eigenvalue weighted by atomic mass is 9.85. The van der Waals surface area contributed by atoms with E-state index in [0.29, 0.717) is 18.2 Å². The number of ether oxygens (including phenoxy) is 2. The zero-order valence-electron chi connectivity index (χ0n) is 13.0. The van der Waals surface area contributed by atoms with E-state index in [2.05, 4.69) is 35.6 Å². The molecule has 3 heteroatoms. The molecule has 1 N–H and O–H groups in total. The first-order valence-corrected chi connectivity index (χ1v) is 8.31. The molecule has 0 radical (unpaired) electrons. The van der Waals surface area contributed by atoms with Gasteiger partial charge in [0.25, 0.3) is 0 Å². The van der Waals surface area contributed by atoms with Crippen LogP contribution in [-0.2, 0) is 0 Å². The topological polar surface area (TPSA) is 30.5 Å². The highest BCUT2D eigenvalue weighted by molar-refractivity contribution is 5.89. The third-order valence-electron chi connectivity index (χ3n) is 5.01. The van der Waals surface area contributed by atoms with Gasteiger partial charge in [0.15, 0.2) is 0 Å². The van der Waals surface area contributed by atoms with Gasteiger partial charge in [0.1, 0.15) is 17.6 Å². The minimum atomic E-state index is 0.327. The van der Waals surface area contributed by atoms with E-state index in [0.717, 1.165) is 29.7 Å². The van der Waals surface area contributed by atoms with Crippen LogP contribution < -0.4 is 14.8 Å². The quantitative estimate of drug-likeness (QED) is 0.932. The minimum Gasteiger partial charge on any atom is -0.497 e. The van der Waals surface area contributed by atoms with Crippen molar-refractivity contribution < 1.29 is 9.47 Å². The Morgan fingerprint density at radius 1 is 1.05 bits per heavy atom. The van der Waals surface area contributed by atoms with Gasteiger partial charge in [-0.3, -0.25) is 0 Å². The maximum atomic E-state index is 6.41. The molecule has 0 amide bonds. The third kappa shape index (κ3) is 2.66. The Morgan fingerprint density at radius 3 is 2.64 bits per heavy atom. The highest BCUT2D eigenvalue weighted by Crippen LogP contribution is 2.33. The Bertz CT molecular complexity index is 658. The molecule has 22 heavy (non-hydrogen) atoms. The van der Waals surface area contributed by atoms with Crippen molar-refractivity contribution in [2.75, 3.05) is 7.11 Å². The Kier molecular flexibility index (Phi) is 3.67. The molecule has 2 aliphatic rings. The average molecular weight is 297 g/mol. The molecule has 0 aromatic heterocycles. The van der Waals surface area contributed by atoms with E-state index in [9.17, 15) is 0 Å². The van der Waals surface area contributed by atoms with Crippen molar-refractivity contribution in [3.8, 4) is 11.5 Å². The number of piperidine rings is 2. The van der Waals surface area contributed by atoms with Crippen molar-refractivity contribution in [3.05, 3.63) is 36.4 Å². The molecule has 0 spiro atoms. The predicted octanol–water partition coefficient (Wildman–Crippen LogP) is 3.90. The SMILES string of the molecule is COc1ccc2cccc(OC3CC4CCCC(C3)N4)c2c1. The molecule has 2 aromatic rings. The summed E-state index contributed by atoms with van der Waals surface area (Å²) in [5.41, 5.74) is 0. The fourth-order valence-electron chi connectivity index (χ4n) is 3.94. The molecule has 2 saturated heterocycles. The molecule has 2 unspecified atom stereocenters. The van der Waals surface area contributed by atoms with Crippen molar-refractivity contribution in [1.29, 1.82) is 0 Å². The molecular formula is C19H23NO2. The monoisotopic (exact) mass is 297 g/mol. The van der Waals surface area contributed by atoms with Crippen LogP contribution in [0.2, 0.25) is 0 Å². The molecule has 0 saturated carbocycles. The molecule has 2 aliphatic heterocycles. The molecule has 2 heterocycles. The molecule has 116 valence electrons. The molecule has 2 fully saturated rings. The highest BCUT2D eigenvalue weighted by Gasteiger charge is 2.32. The van der Waals surface area contributed by atoms with Gasteiger partial charge in [-0.25, -0.2) is 0 Å². The second-order valence-corrected chi connectivity index (χ2v) is 6.55. The van der Waals surface area contributed by atoms with Crippen LogP contribution in [0.4, 0.5) is 0 Å². The second kappa shape index (κ2) is 5.81. The van der Waals surface area contributed by atoms with Crippen LogP contribution in [0.1, 0.15) is 32.1 Å². The standard InChI is InChI=1S/C19H23NO2/c1-21-16-9-8-13-4-2-7-19(18(13)12-16)22-17-10-14-5-3-6-15(11-17)20-14/h2,4,7-9,12,14-15,17,20H,3,5-6,10-11H2,1H3. The van der Waals surface area contributed by atoms with Gasteiger partial charge in [0.05, 0.1) is 7.11 Å². The molecule has 0 aliphatic carbocycles. The number of hydrogen-bond acceptors (Lipinski definition) is 3. The third-order valence-corrected chi connectivity index (χ3v) is 5.01. The van der Waals surface area contributed by atoms with E-state index in [1.54, 1.807) is 7.11 Å². The van der Waals surface area contributed by atoms with E-state index in [4.69, 9.17) is 9.47 Å². The van der Waals surface area contributed by atoms with Crippen LogP contribution in [0.5, 0.6) is 11.5 Å². The molecule has 2 atom stereocenters. The fraction of sp³-hybridized carbons (Fsp3) is 0.474. The first kappa shape index (κ1) is 13.9. The first-order valence-electron chi connectivity index (χ1n) is 8.31. The van der Waals surface area contributed by atoms with Crippen molar-refractivity contribution in [3.63, 3.8) is 0 Å². The van der Waals surface area contributed by atoms with Crippen molar-refractivity contribution >= 4 is 10.8 Å². The molecule has 4 rings (SSSR count). The normalized spacial score (nSPS) is 27.6. The van der Waals surface area contributed by atoms with Crippen LogP contribution in [0.25, 0.3) is 10.8 Å². The van der Waals surface area contributed by atoms with Crippen LogP contribution >= 0.6 is 0 Å². The van der Waals surface area contributed by atoms with Gasteiger partial charge >= 0.3 is 0 Å². The van der Waals surface area contributed by atoms with Crippen LogP contribution in [0.15, 0.2) is 36.4 Å². The first-order chi connectivity index (χ1) is 10.8. The van der Waals surface area contributed by atoms with Crippen LogP contribution in [0, 0.1) is 0 Å². The van der Waals surface area contributed by atoms with Crippen molar-refractivity contribution in [1.82, 2.24) is 5.32 Å². The summed E-state index contributed by atoms with van der Waals surface area (Å²) in [6, 6.07) is 13.7. The number of nitrogens with one attached hydrogen (secondary N) is 1. The number of benzene rings is 2. The zero-order valence-corrected chi connectivity index (χ0v) is 13.0. The van der Waals surface area contributed by atoms with E-state index in [-0.39, 0.29) is 0 Å². The van der Waals surface area contributed by atoms with Gasteiger partial charge in [-0.05, 0) is 49.3 Å². The Balaban J connectivity index is 1.61. The van der Waals surface area contributed by atoms with Gasteiger partial charge in [-0.1, -0.05) is 24.6 Å². The number of rotatable bonds is 3. The Hall–Kier alpha value is -1.74. The zero-order chi connectivity index (χ0) is 14.9. The summed E-state index contributed by atoms with van der Waals surface area (Å²) in [7, 11) is 1.71. The maximum Gasteiger partial charge on any atom is 0.127 e. The lowest BCUT2D eigenvalue weighted by Gasteiger charge is -2.40. The smallest absolute Gasteiger partial charge is 0.127 e. The Morgan fingerprint density at radius 2 is 1.86 bits per heavy atom. The van der Waals surface area contributed by atoms with E-state index >= 15 is 0 Å². The summed E-state index contributed by atoms with van der Waals surface area (Å²) >= 11 is 0. The summed E-state index contributed by atoms with van der Waals surface area (Å²) in [6.45, 7) is 0. The summed E-state index contributed by atoms with van der Waals surface area (Å²) in [5.74, 6) is 1.87. The molecule has 3 nitrogen and oxygen atoms in total. The molecular weight excluding hydrogens is 274 g/mol. The number of methoxy groups -OCH3 is 1. The predicted molar refractivity (Wildman–Crippen MR) is 88.7 cm³/mol. The van der Waals surface area contributed by atoms with Gasteiger partial charge in [0, 0.05) is 17.5 Å². The van der Waals surface area contributed by atoms with Crippen LogP contribution in [0.3, 0.4) is 0 Å². The second-order valence-electron chi connectivity index (χ2n) is 6.55. The largest absolute Gasteiger partial charge is 0.497 e. The Labute approximate surface area is 131 Å². The van der Waals surface area contributed by atoms with Crippen LogP contribution in [-0.4, -0.2) is 25.3 Å². The minimum absolute atomic E-state index is 0.327. The van der Waals surface area contributed by atoms with Crippen molar-refractivity contribution in [2.24, 2.45) is 0 Å². The van der Waals surface area contributed by atoms with Gasteiger partial charge in [-0.15, -0.1) is 0 Å². The molecule has 2 bridgehead atoms. The van der Waals surface area contributed by atoms with Gasteiger partial charge < -0.3 is 14.8 Å². The highest BCUT2D eigenvalue weighted by atomic mass is 16.5. The summed E-state index contributed by atoms with van der Waals surface area (Å²) in [5, 5.41) is 6.07. The lowest BCUT2D eigenvalue weighted by Crippen LogP contribution is -2.51. The number of hydrogen-bond donors (Lipinski definition) is 1. The lowest BCUT2D eigenvalue weighted by molar-refractivity contribution is 0.0939. The van der Waals surface area contributed by atoms with E-state index in [1.807, 2.05) is 6.07 Å². The average Bonchev–Trinajstić information content (AvgIpc) is 2.54. The summed E-state index contributed by atoms with van der Waals surface area (Å²) in [6.07, 6.45) is 6.52. The van der Waals surface area contributed by atoms with Gasteiger partial charge in [0.2, 0.25) is 0 Å². The van der Waals surface area contributed by atoms with Gasteiger partial charge in [-0.2, -0.15) is 0 Å². The fourth-order valence-corrected chi connectivity index (χ4v) is 3.94. The van der Waals surface area contributed by atoms with E-state index in [1.165, 1.54) is 24.6 Å². The maximum absolute atomic E-state index is 6.41. The summed E-state index contributed by atoms with van der Waals surface area (Å²) in [4.78, 5) is 0. The van der Waals surface area contributed by atoms with Crippen molar-refractivity contribution in [2.45, 2.75) is 50.3 Å². The number of fused-ring (bicyclic) bond motifs is 3.